The second-order valence-corrected chi connectivity index (χ2v) is 1.92. The van der Waals surface area contributed by atoms with Crippen molar-refractivity contribution in [1.29, 1.82) is 0 Å². The van der Waals surface area contributed by atoms with Crippen molar-refractivity contribution in [3.8, 4) is 0 Å². The van der Waals surface area contributed by atoms with Gasteiger partial charge in [0.25, 0.3) is 0 Å². The van der Waals surface area contributed by atoms with Crippen molar-refractivity contribution < 1.29 is 22.0 Å². The summed E-state index contributed by atoms with van der Waals surface area (Å²) in [7, 11) is 0. The Labute approximate surface area is 58.3 Å². The number of rotatable bonds is 1. The van der Waals surface area contributed by atoms with Gasteiger partial charge >= 0.3 is 11.6 Å². The van der Waals surface area contributed by atoms with E-state index >= 15 is 0 Å². The van der Waals surface area contributed by atoms with Gasteiger partial charge in [-0.15, -0.1) is 0 Å². The van der Waals surface area contributed by atoms with E-state index < -0.39 is 23.7 Å². The van der Waals surface area contributed by atoms with Crippen molar-refractivity contribution in [2.24, 2.45) is 0 Å². The molecule has 0 rings (SSSR count). The van der Waals surface area contributed by atoms with Crippen LogP contribution in [-0.4, -0.2) is 11.6 Å². The van der Waals surface area contributed by atoms with Gasteiger partial charge < -0.3 is 0 Å². The number of alkyl halides is 6. The van der Waals surface area contributed by atoms with Gasteiger partial charge in [0.05, 0.1) is 0 Å². The third-order valence-electron chi connectivity index (χ3n) is 0.461. The summed E-state index contributed by atoms with van der Waals surface area (Å²) in [6.45, 7) is 0. The van der Waals surface area contributed by atoms with E-state index in [-0.39, 0.29) is 0 Å². The van der Waals surface area contributed by atoms with Gasteiger partial charge in [-0.05, 0) is 11.6 Å². The lowest BCUT2D eigenvalue weighted by molar-refractivity contribution is -0.0810. The summed E-state index contributed by atoms with van der Waals surface area (Å²) in [5, 5.41) is -3.92. The molecule has 0 heterocycles. The minimum absolute atomic E-state index is 0.422. The minimum atomic E-state index is -4.74. The highest BCUT2D eigenvalue weighted by Crippen LogP contribution is 2.24. The zero-order chi connectivity index (χ0) is 8.41. The van der Waals surface area contributed by atoms with Crippen LogP contribution in [0.15, 0.2) is 12.2 Å². The number of hydrogen-bond donors (Lipinski definition) is 0. The summed E-state index contributed by atoms with van der Waals surface area (Å²) < 4.78 is 56.2. The molecule has 10 heavy (non-hydrogen) atoms. The molecule has 0 fully saturated rings. The molecule has 0 radical (unpaired) electrons. The largest absolute Gasteiger partial charge is 0.409 e. The first-order valence-corrected chi connectivity index (χ1v) is 2.42. The number of halogens is 6. The Hall–Kier alpha value is -0.320. The van der Waals surface area contributed by atoms with Crippen molar-refractivity contribution in [2.75, 3.05) is 0 Å². The maximum absolute atomic E-state index is 11.4. The standard InChI is InChI=1S/C4H2ClF5/c5-3(6,7)1-2-4(8,9)10/h1-2H. The number of allylic oxidation sites excluding steroid dienone is 2. The third-order valence-corrected chi connectivity index (χ3v) is 0.587. The molecule has 0 aromatic heterocycles. The lowest BCUT2D eigenvalue weighted by Gasteiger charge is -2.01. The van der Waals surface area contributed by atoms with Crippen LogP contribution in [0.2, 0.25) is 0 Å². The zero-order valence-corrected chi connectivity index (χ0v) is 5.18. The summed E-state index contributed by atoms with van der Waals surface area (Å²) in [5.74, 6) is 0. The maximum Gasteiger partial charge on any atom is 0.409 e. The van der Waals surface area contributed by atoms with E-state index in [4.69, 9.17) is 0 Å². The Kier molecular flexibility index (Phi) is 2.65. The fraction of sp³-hybridized carbons (Fsp3) is 0.500. The summed E-state index contributed by atoms with van der Waals surface area (Å²) in [6.07, 6.45) is -5.77. The first-order valence-electron chi connectivity index (χ1n) is 2.04. The monoisotopic (exact) mass is 180 g/mol. The molecular weight excluding hydrogens is 178 g/mol. The first-order chi connectivity index (χ1) is 4.21. The van der Waals surface area contributed by atoms with E-state index in [1.54, 1.807) is 0 Å². The molecule has 0 N–H and O–H groups in total. The molecule has 0 aliphatic heterocycles. The van der Waals surface area contributed by atoms with Crippen molar-refractivity contribution in [3.63, 3.8) is 0 Å². The van der Waals surface area contributed by atoms with E-state index in [1.807, 2.05) is 0 Å². The molecule has 6 heteroatoms. The van der Waals surface area contributed by atoms with Crippen LogP contribution in [0.25, 0.3) is 0 Å². The van der Waals surface area contributed by atoms with Crippen LogP contribution >= 0.6 is 11.6 Å². The molecule has 0 saturated carbocycles. The van der Waals surface area contributed by atoms with E-state index in [1.165, 1.54) is 0 Å². The van der Waals surface area contributed by atoms with Crippen LogP contribution in [-0.2, 0) is 0 Å². The highest BCUT2D eigenvalue weighted by molar-refractivity contribution is 6.22. The van der Waals surface area contributed by atoms with Crippen molar-refractivity contribution >= 4 is 11.6 Å². The van der Waals surface area contributed by atoms with Gasteiger partial charge in [-0.25, -0.2) is 0 Å². The molecule has 60 valence electrons. The summed E-state index contributed by atoms with van der Waals surface area (Å²) in [6, 6.07) is 0. The highest BCUT2D eigenvalue weighted by atomic mass is 35.5. The fourth-order valence-electron chi connectivity index (χ4n) is 0.189. The van der Waals surface area contributed by atoms with Gasteiger partial charge in [-0.2, -0.15) is 22.0 Å². The van der Waals surface area contributed by atoms with E-state index in [2.05, 4.69) is 11.6 Å². The Morgan fingerprint density at radius 2 is 1.30 bits per heavy atom. The van der Waals surface area contributed by atoms with Gasteiger partial charge in [0.1, 0.15) is 0 Å². The van der Waals surface area contributed by atoms with Gasteiger partial charge in [0.2, 0.25) is 0 Å². The van der Waals surface area contributed by atoms with Gasteiger partial charge in [-0.1, -0.05) is 0 Å². The predicted octanol–water partition coefficient (Wildman–Crippen LogP) is 2.94. The normalized spacial score (nSPS) is 14.6. The van der Waals surface area contributed by atoms with E-state index in [9.17, 15) is 22.0 Å². The Balaban J connectivity index is 4.01. The van der Waals surface area contributed by atoms with Crippen molar-refractivity contribution in [1.82, 2.24) is 0 Å². The van der Waals surface area contributed by atoms with Crippen LogP contribution < -0.4 is 0 Å². The molecule has 0 aromatic rings. The fourth-order valence-corrected chi connectivity index (χ4v) is 0.252. The average Bonchev–Trinajstić information content (AvgIpc) is 1.57. The molecule has 0 saturated heterocycles. The molecule has 0 unspecified atom stereocenters. The SMILES string of the molecule is FC(F)(F)C=CC(F)(F)Cl. The van der Waals surface area contributed by atoms with Crippen LogP contribution in [0.5, 0.6) is 0 Å². The topological polar surface area (TPSA) is 0 Å². The Morgan fingerprint density at radius 1 is 0.900 bits per heavy atom. The Morgan fingerprint density at radius 3 is 1.40 bits per heavy atom. The zero-order valence-electron chi connectivity index (χ0n) is 4.42. The molecule has 0 aliphatic carbocycles. The summed E-state index contributed by atoms with van der Waals surface area (Å²) in [4.78, 5) is 0. The molecule has 0 amide bonds. The minimum Gasteiger partial charge on any atom is -0.184 e. The predicted molar refractivity (Wildman–Crippen MR) is 26.0 cm³/mol. The molecule has 0 nitrogen and oxygen atoms in total. The summed E-state index contributed by atoms with van der Waals surface area (Å²) >= 11 is 4.12. The molecule has 0 aliphatic rings. The smallest absolute Gasteiger partial charge is 0.184 e. The third kappa shape index (κ3) is 7.68. The molecule has 0 bridgehead atoms. The van der Waals surface area contributed by atoms with E-state index in [0.29, 0.717) is 0 Å². The van der Waals surface area contributed by atoms with Crippen LogP contribution in [0.1, 0.15) is 0 Å². The van der Waals surface area contributed by atoms with Crippen molar-refractivity contribution in [2.45, 2.75) is 11.6 Å². The van der Waals surface area contributed by atoms with Gasteiger partial charge in [0.15, 0.2) is 0 Å². The van der Waals surface area contributed by atoms with Crippen LogP contribution in [0.4, 0.5) is 22.0 Å². The lowest BCUT2D eigenvalue weighted by Crippen LogP contribution is -2.06. The average molecular weight is 181 g/mol. The second-order valence-electron chi connectivity index (χ2n) is 1.42. The molecule has 0 spiro atoms. The number of hydrogen-bond acceptors (Lipinski definition) is 0. The van der Waals surface area contributed by atoms with Crippen molar-refractivity contribution in [3.05, 3.63) is 12.2 Å². The van der Waals surface area contributed by atoms with Crippen LogP contribution in [0.3, 0.4) is 0 Å². The maximum atomic E-state index is 11.4. The highest BCUT2D eigenvalue weighted by Gasteiger charge is 2.27. The quantitative estimate of drug-likeness (QED) is 0.331. The second kappa shape index (κ2) is 2.74. The molecule has 0 atom stereocenters. The van der Waals surface area contributed by atoms with Crippen LogP contribution in [0, 0.1) is 0 Å². The molecule has 0 aromatic carbocycles. The lowest BCUT2D eigenvalue weighted by atomic mass is 10.5. The first kappa shape index (κ1) is 9.68. The van der Waals surface area contributed by atoms with Gasteiger partial charge in [0, 0.05) is 12.2 Å². The molecular formula is C4H2ClF5. The Bertz CT molecular complexity index is 114. The summed E-state index contributed by atoms with van der Waals surface area (Å²) in [5.41, 5.74) is 0. The van der Waals surface area contributed by atoms with Gasteiger partial charge in [-0.3, -0.25) is 0 Å². The van der Waals surface area contributed by atoms with E-state index in [0.717, 1.165) is 0 Å².